The van der Waals surface area contributed by atoms with Gasteiger partial charge in [0, 0.05) is 37.9 Å². The van der Waals surface area contributed by atoms with E-state index >= 15 is 0 Å². The third kappa shape index (κ3) is 2.60. The number of thiazole rings is 1. The summed E-state index contributed by atoms with van der Waals surface area (Å²) in [5, 5.41) is 1.15. The number of piperidine rings is 1. The Hall–Kier alpha value is -2.05. The molecule has 3 aromatic rings. The van der Waals surface area contributed by atoms with Gasteiger partial charge in [0.1, 0.15) is 5.82 Å². The summed E-state index contributed by atoms with van der Waals surface area (Å²) in [5.74, 6) is -0.258. The van der Waals surface area contributed by atoms with Crippen LogP contribution in [0.1, 0.15) is 17.5 Å². The SMILES string of the molecule is Cc1cccc2sc(N3C4CC3CN(Cc3cncc(F)c3)C4)nc12. The summed E-state index contributed by atoms with van der Waals surface area (Å²) in [7, 11) is 0. The lowest BCUT2D eigenvalue weighted by Crippen LogP contribution is -2.68. The standard InChI is InChI=1S/C19H19FN4S/c1-12-3-2-4-17-18(12)22-19(25-17)24-15-6-16(24)11-23(10-15)9-13-5-14(20)8-21-7-13/h2-5,7-8,15-16H,6,9-11H2,1H3. The number of fused-ring (bicyclic) bond motifs is 3. The smallest absolute Gasteiger partial charge is 0.187 e. The van der Waals surface area contributed by atoms with Crippen molar-refractivity contribution in [1.82, 2.24) is 14.9 Å². The van der Waals surface area contributed by atoms with Crippen molar-refractivity contribution >= 4 is 26.7 Å². The molecule has 2 bridgehead atoms. The highest BCUT2D eigenvalue weighted by molar-refractivity contribution is 7.22. The Bertz CT molecular complexity index is 928. The first kappa shape index (κ1) is 15.2. The van der Waals surface area contributed by atoms with Crippen LogP contribution < -0.4 is 4.90 Å². The highest BCUT2D eigenvalue weighted by Crippen LogP contribution is 2.41. The Balaban J connectivity index is 1.33. The number of para-hydroxylation sites is 1. The van der Waals surface area contributed by atoms with Crippen LogP contribution in [0.3, 0.4) is 0 Å². The molecule has 6 heteroatoms. The zero-order valence-corrected chi connectivity index (χ0v) is 14.8. The first-order valence-electron chi connectivity index (χ1n) is 8.63. The normalized spacial score (nSPS) is 23.0. The average Bonchev–Trinajstić information content (AvgIpc) is 2.99. The quantitative estimate of drug-likeness (QED) is 0.719. The topological polar surface area (TPSA) is 32.3 Å². The van der Waals surface area contributed by atoms with Crippen molar-refractivity contribution < 1.29 is 4.39 Å². The van der Waals surface area contributed by atoms with Gasteiger partial charge in [-0.05, 0) is 36.6 Å². The second kappa shape index (κ2) is 5.75. The predicted molar refractivity (Wildman–Crippen MR) is 98.5 cm³/mol. The maximum absolute atomic E-state index is 13.3. The van der Waals surface area contributed by atoms with Gasteiger partial charge in [0.25, 0.3) is 0 Å². The third-order valence-electron chi connectivity index (χ3n) is 5.27. The molecule has 3 aliphatic rings. The first-order valence-corrected chi connectivity index (χ1v) is 9.45. The van der Waals surface area contributed by atoms with Gasteiger partial charge in [-0.25, -0.2) is 9.37 Å². The van der Waals surface area contributed by atoms with Crippen LogP contribution in [0.25, 0.3) is 10.2 Å². The van der Waals surface area contributed by atoms with E-state index < -0.39 is 0 Å². The minimum absolute atomic E-state index is 0.258. The second-order valence-corrected chi connectivity index (χ2v) is 8.08. The van der Waals surface area contributed by atoms with E-state index in [2.05, 4.69) is 39.9 Å². The van der Waals surface area contributed by atoms with Crippen molar-refractivity contribution in [3.05, 3.63) is 53.6 Å². The summed E-state index contributed by atoms with van der Waals surface area (Å²) < 4.78 is 14.6. The van der Waals surface area contributed by atoms with Crippen molar-refractivity contribution in [2.24, 2.45) is 0 Å². The van der Waals surface area contributed by atoms with Gasteiger partial charge in [-0.3, -0.25) is 9.88 Å². The number of aryl methyl sites for hydroxylation is 1. The molecule has 3 aliphatic heterocycles. The molecule has 6 rings (SSSR count). The van der Waals surface area contributed by atoms with Gasteiger partial charge in [-0.1, -0.05) is 23.5 Å². The van der Waals surface area contributed by atoms with Crippen molar-refractivity contribution in [2.45, 2.75) is 32.0 Å². The molecule has 1 aromatic carbocycles. The zero-order chi connectivity index (χ0) is 17.0. The van der Waals surface area contributed by atoms with Crippen LogP contribution in [-0.2, 0) is 6.54 Å². The molecule has 3 fully saturated rings. The summed E-state index contributed by atoms with van der Waals surface area (Å²) in [6, 6.07) is 8.99. The molecule has 0 radical (unpaired) electrons. The van der Waals surface area contributed by atoms with Crippen LogP contribution in [0.5, 0.6) is 0 Å². The highest BCUT2D eigenvalue weighted by Gasteiger charge is 2.45. The van der Waals surface area contributed by atoms with Crippen molar-refractivity contribution in [2.75, 3.05) is 18.0 Å². The highest BCUT2D eigenvalue weighted by atomic mass is 32.1. The van der Waals surface area contributed by atoms with E-state index in [1.807, 2.05) is 0 Å². The van der Waals surface area contributed by atoms with Gasteiger partial charge >= 0.3 is 0 Å². The number of hydrogen-bond acceptors (Lipinski definition) is 5. The van der Waals surface area contributed by atoms with Crippen LogP contribution >= 0.6 is 11.3 Å². The number of nitrogens with zero attached hydrogens (tertiary/aromatic N) is 4. The summed E-state index contributed by atoms with van der Waals surface area (Å²) in [6.07, 6.45) is 4.25. The Labute approximate surface area is 149 Å². The van der Waals surface area contributed by atoms with E-state index in [1.165, 1.54) is 22.9 Å². The molecule has 2 aromatic heterocycles. The van der Waals surface area contributed by atoms with Gasteiger partial charge in [0.15, 0.2) is 5.13 Å². The number of anilines is 1. The Morgan fingerprint density at radius 3 is 2.84 bits per heavy atom. The van der Waals surface area contributed by atoms with Crippen LogP contribution in [0.15, 0.2) is 36.7 Å². The zero-order valence-electron chi connectivity index (χ0n) is 14.0. The van der Waals surface area contributed by atoms with E-state index in [-0.39, 0.29) is 5.82 Å². The predicted octanol–water partition coefficient (Wildman–Crippen LogP) is 3.60. The summed E-state index contributed by atoms with van der Waals surface area (Å²) in [5.41, 5.74) is 3.32. The van der Waals surface area contributed by atoms with Crippen molar-refractivity contribution in [3.63, 3.8) is 0 Å². The maximum atomic E-state index is 13.3. The van der Waals surface area contributed by atoms with E-state index in [0.29, 0.717) is 12.1 Å². The van der Waals surface area contributed by atoms with Gasteiger partial charge in [0.2, 0.25) is 0 Å². The molecule has 0 saturated carbocycles. The lowest BCUT2D eigenvalue weighted by atomic mass is 9.88. The number of halogens is 1. The monoisotopic (exact) mass is 354 g/mol. The molecule has 3 saturated heterocycles. The first-order chi connectivity index (χ1) is 12.2. The average molecular weight is 354 g/mol. The number of piperazine rings is 1. The number of pyridine rings is 1. The van der Waals surface area contributed by atoms with E-state index in [9.17, 15) is 4.39 Å². The van der Waals surface area contributed by atoms with Gasteiger partial charge in [-0.15, -0.1) is 0 Å². The van der Waals surface area contributed by atoms with Gasteiger partial charge < -0.3 is 4.90 Å². The van der Waals surface area contributed by atoms with Crippen molar-refractivity contribution in [1.29, 1.82) is 0 Å². The number of hydrogen-bond donors (Lipinski definition) is 0. The molecule has 25 heavy (non-hydrogen) atoms. The maximum Gasteiger partial charge on any atom is 0.187 e. The molecule has 0 spiro atoms. The van der Waals surface area contributed by atoms with E-state index in [1.54, 1.807) is 23.6 Å². The minimum Gasteiger partial charge on any atom is -0.339 e. The van der Waals surface area contributed by atoms with Crippen LogP contribution in [0.4, 0.5) is 9.52 Å². The largest absolute Gasteiger partial charge is 0.339 e. The summed E-state index contributed by atoms with van der Waals surface area (Å²) in [4.78, 5) is 13.8. The van der Waals surface area contributed by atoms with E-state index in [4.69, 9.17) is 4.98 Å². The number of rotatable bonds is 3. The van der Waals surface area contributed by atoms with Crippen LogP contribution in [0.2, 0.25) is 0 Å². The fourth-order valence-electron chi connectivity index (χ4n) is 4.12. The van der Waals surface area contributed by atoms with E-state index in [0.717, 1.165) is 35.8 Å². The molecular weight excluding hydrogens is 335 g/mol. The minimum atomic E-state index is -0.258. The second-order valence-electron chi connectivity index (χ2n) is 7.07. The van der Waals surface area contributed by atoms with Crippen LogP contribution in [0, 0.1) is 12.7 Å². The van der Waals surface area contributed by atoms with Gasteiger partial charge in [-0.2, -0.15) is 0 Å². The van der Waals surface area contributed by atoms with Gasteiger partial charge in [0.05, 0.1) is 16.4 Å². The Morgan fingerprint density at radius 1 is 1.24 bits per heavy atom. The lowest BCUT2D eigenvalue weighted by molar-refractivity contribution is 0.108. The lowest BCUT2D eigenvalue weighted by Gasteiger charge is -2.56. The molecule has 2 atom stereocenters. The fraction of sp³-hybridized carbons (Fsp3) is 0.368. The molecule has 2 unspecified atom stereocenters. The Morgan fingerprint density at radius 2 is 2.08 bits per heavy atom. The third-order valence-corrected chi connectivity index (χ3v) is 6.30. The van der Waals surface area contributed by atoms with Crippen molar-refractivity contribution in [3.8, 4) is 0 Å². The molecule has 0 aliphatic carbocycles. The number of benzene rings is 1. The fourth-order valence-corrected chi connectivity index (χ4v) is 5.31. The molecular formula is C19H19FN4S. The molecule has 0 N–H and O–H groups in total. The summed E-state index contributed by atoms with van der Waals surface area (Å²) >= 11 is 1.80. The molecule has 4 nitrogen and oxygen atoms in total. The number of aromatic nitrogens is 2. The molecule has 0 amide bonds. The molecule has 5 heterocycles. The van der Waals surface area contributed by atoms with Crippen LogP contribution in [-0.4, -0.2) is 40.0 Å². The Kier molecular flexibility index (Phi) is 3.50. The summed E-state index contributed by atoms with van der Waals surface area (Å²) in [6.45, 7) is 4.89. The molecule has 128 valence electrons.